The summed E-state index contributed by atoms with van der Waals surface area (Å²) in [5.41, 5.74) is -0.100. The number of rotatable bonds is 5. The van der Waals surface area contributed by atoms with Crippen molar-refractivity contribution in [3.63, 3.8) is 0 Å². The number of methoxy groups -OCH3 is 1. The van der Waals surface area contributed by atoms with Gasteiger partial charge < -0.3 is 9.47 Å². The topological polar surface area (TPSA) is 95.7 Å². The molecule has 0 amide bonds. The number of primary sulfonamides is 1. The average Bonchev–Trinajstić information content (AvgIpc) is 2.28. The maximum Gasteiger partial charge on any atom is 0.338 e. The fraction of sp³-hybridized carbons (Fsp3) is 0.300. The standard InChI is InChI=1S/C10H12FNO5S/c1-16-4-5-17-10(13)7-2-3-8(11)9(6-7)18(12,14)15/h2-3,6H,4-5H2,1H3,(H2,12,14,15). The molecule has 8 heteroatoms. The maximum absolute atomic E-state index is 13.2. The summed E-state index contributed by atoms with van der Waals surface area (Å²) in [7, 11) is -2.79. The van der Waals surface area contributed by atoms with Crippen molar-refractivity contribution in [2.75, 3.05) is 20.3 Å². The second-order valence-electron chi connectivity index (χ2n) is 3.32. The van der Waals surface area contributed by atoms with Crippen LogP contribution in [0.5, 0.6) is 0 Å². The number of carbonyl (C=O) groups excluding carboxylic acids is 1. The number of sulfonamides is 1. The molecule has 1 aromatic rings. The number of carbonyl (C=O) groups is 1. The molecule has 1 aromatic carbocycles. The first kappa shape index (κ1) is 14.6. The van der Waals surface area contributed by atoms with Crippen LogP contribution in [0.3, 0.4) is 0 Å². The van der Waals surface area contributed by atoms with Gasteiger partial charge in [0.05, 0.1) is 12.2 Å². The minimum atomic E-state index is -4.22. The molecule has 0 spiro atoms. The van der Waals surface area contributed by atoms with Crippen LogP contribution in [0.1, 0.15) is 10.4 Å². The van der Waals surface area contributed by atoms with Gasteiger partial charge in [0.2, 0.25) is 10.0 Å². The average molecular weight is 277 g/mol. The van der Waals surface area contributed by atoms with E-state index >= 15 is 0 Å². The fourth-order valence-corrected chi connectivity index (χ4v) is 1.78. The first-order valence-electron chi connectivity index (χ1n) is 4.84. The molecule has 2 N–H and O–H groups in total. The molecule has 100 valence electrons. The van der Waals surface area contributed by atoms with E-state index in [0.717, 1.165) is 18.2 Å². The van der Waals surface area contributed by atoms with Gasteiger partial charge in [-0.05, 0) is 18.2 Å². The van der Waals surface area contributed by atoms with E-state index in [1.165, 1.54) is 7.11 Å². The highest BCUT2D eigenvalue weighted by Gasteiger charge is 2.18. The lowest BCUT2D eigenvalue weighted by Crippen LogP contribution is -2.16. The van der Waals surface area contributed by atoms with Crippen LogP contribution < -0.4 is 5.14 Å². The van der Waals surface area contributed by atoms with Gasteiger partial charge in [-0.15, -0.1) is 0 Å². The normalized spacial score (nSPS) is 11.3. The van der Waals surface area contributed by atoms with Gasteiger partial charge in [0.15, 0.2) is 0 Å². The Balaban J connectivity index is 2.95. The Bertz CT molecular complexity index is 543. The van der Waals surface area contributed by atoms with Crippen LogP contribution in [0.4, 0.5) is 4.39 Å². The molecule has 0 heterocycles. The number of halogens is 1. The number of hydrogen-bond donors (Lipinski definition) is 1. The molecule has 0 aliphatic rings. The van der Waals surface area contributed by atoms with Crippen LogP contribution in [0, 0.1) is 5.82 Å². The molecular weight excluding hydrogens is 265 g/mol. The van der Waals surface area contributed by atoms with Crippen LogP contribution in [0.2, 0.25) is 0 Å². The van der Waals surface area contributed by atoms with E-state index in [1.54, 1.807) is 0 Å². The Morgan fingerprint density at radius 2 is 2.06 bits per heavy atom. The summed E-state index contributed by atoms with van der Waals surface area (Å²) in [6.07, 6.45) is 0. The van der Waals surface area contributed by atoms with Crippen LogP contribution in [0.15, 0.2) is 23.1 Å². The first-order valence-corrected chi connectivity index (χ1v) is 6.39. The molecule has 1 rings (SSSR count). The quantitative estimate of drug-likeness (QED) is 0.616. The van der Waals surface area contributed by atoms with Crippen molar-refractivity contribution in [1.82, 2.24) is 0 Å². The molecule has 0 unspecified atom stereocenters. The van der Waals surface area contributed by atoms with Crippen molar-refractivity contribution >= 4 is 16.0 Å². The van der Waals surface area contributed by atoms with Gasteiger partial charge in [-0.1, -0.05) is 0 Å². The Labute approximate surface area is 104 Å². The lowest BCUT2D eigenvalue weighted by Gasteiger charge is -2.06. The summed E-state index contributed by atoms with van der Waals surface area (Å²) in [4.78, 5) is 10.7. The SMILES string of the molecule is COCCOC(=O)c1ccc(F)c(S(N)(=O)=O)c1. The molecule has 0 aliphatic heterocycles. The second-order valence-corrected chi connectivity index (χ2v) is 4.85. The molecule has 0 atom stereocenters. The van der Waals surface area contributed by atoms with E-state index in [1.807, 2.05) is 0 Å². The van der Waals surface area contributed by atoms with Gasteiger partial charge in [0.25, 0.3) is 0 Å². The zero-order valence-electron chi connectivity index (χ0n) is 9.55. The van der Waals surface area contributed by atoms with Crippen LogP contribution >= 0.6 is 0 Å². The molecule has 0 aromatic heterocycles. The van der Waals surface area contributed by atoms with E-state index < -0.39 is 26.7 Å². The molecule has 0 fully saturated rings. The number of hydrogen-bond acceptors (Lipinski definition) is 5. The van der Waals surface area contributed by atoms with Crippen molar-refractivity contribution in [2.24, 2.45) is 5.14 Å². The van der Waals surface area contributed by atoms with E-state index in [4.69, 9.17) is 9.88 Å². The van der Waals surface area contributed by atoms with Crippen LogP contribution in [0.25, 0.3) is 0 Å². The predicted octanol–water partition coefficient (Wildman–Crippen LogP) is 0.276. The molecule has 0 aliphatic carbocycles. The van der Waals surface area contributed by atoms with E-state index in [-0.39, 0.29) is 18.8 Å². The summed E-state index contributed by atoms with van der Waals surface area (Å²) in [6.45, 7) is 0.215. The Kier molecular flexibility index (Phi) is 4.76. The zero-order valence-corrected chi connectivity index (χ0v) is 10.4. The van der Waals surface area contributed by atoms with Gasteiger partial charge in [-0.25, -0.2) is 22.7 Å². The third-order valence-electron chi connectivity index (χ3n) is 1.99. The van der Waals surface area contributed by atoms with Gasteiger partial charge in [-0.3, -0.25) is 0 Å². The van der Waals surface area contributed by atoms with Crippen molar-refractivity contribution in [3.05, 3.63) is 29.6 Å². The van der Waals surface area contributed by atoms with Gasteiger partial charge >= 0.3 is 5.97 Å². The first-order chi connectivity index (χ1) is 8.36. The smallest absolute Gasteiger partial charge is 0.338 e. The third-order valence-corrected chi connectivity index (χ3v) is 2.92. The monoisotopic (exact) mass is 277 g/mol. The number of benzene rings is 1. The summed E-state index contributed by atoms with van der Waals surface area (Å²) >= 11 is 0. The largest absolute Gasteiger partial charge is 0.460 e. The lowest BCUT2D eigenvalue weighted by molar-refractivity contribution is 0.0387. The van der Waals surface area contributed by atoms with Crippen LogP contribution in [-0.4, -0.2) is 34.7 Å². The van der Waals surface area contributed by atoms with Crippen molar-refractivity contribution in [1.29, 1.82) is 0 Å². The molecule has 0 radical (unpaired) electrons. The minimum absolute atomic E-state index is 0.0113. The Morgan fingerprint density at radius 1 is 1.39 bits per heavy atom. The highest BCUT2D eigenvalue weighted by molar-refractivity contribution is 7.89. The summed E-state index contributed by atoms with van der Waals surface area (Å²) in [6, 6.07) is 2.78. The minimum Gasteiger partial charge on any atom is -0.460 e. The highest BCUT2D eigenvalue weighted by Crippen LogP contribution is 2.15. The van der Waals surface area contributed by atoms with Gasteiger partial charge in [0, 0.05) is 7.11 Å². The van der Waals surface area contributed by atoms with Crippen molar-refractivity contribution in [3.8, 4) is 0 Å². The third kappa shape index (κ3) is 3.76. The fourth-order valence-electron chi connectivity index (χ4n) is 1.15. The van der Waals surface area contributed by atoms with Crippen molar-refractivity contribution in [2.45, 2.75) is 4.90 Å². The number of ether oxygens (including phenoxy) is 2. The molecule has 0 saturated carbocycles. The summed E-state index contributed by atoms with van der Waals surface area (Å²) < 4.78 is 44.7. The highest BCUT2D eigenvalue weighted by atomic mass is 32.2. The predicted molar refractivity (Wildman–Crippen MR) is 59.9 cm³/mol. The van der Waals surface area contributed by atoms with Crippen LogP contribution in [-0.2, 0) is 19.5 Å². The second kappa shape index (κ2) is 5.89. The number of esters is 1. The maximum atomic E-state index is 13.2. The molecule has 6 nitrogen and oxygen atoms in total. The Hall–Kier alpha value is -1.51. The van der Waals surface area contributed by atoms with E-state index in [9.17, 15) is 17.6 Å². The molecule has 18 heavy (non-hydrogen) atoms. The summed E-state index contributed by atoms with van der Waals surface area (Å²) in [5, 5.41) is 4.81. The van der Waals surface area contributed by atoms with Gasteiger partial charge in [0.1, 0.15) is 17.3 Å². The number of nitrogens with two attached hydrogens (primary N) is 1. The van der Waals surface area contributed by atoms with E-state index in [2.05, 4.69) is 4.74 Å². The molecule has 0 saturated heterocycles. The molecule has 0 bridgehead atoms. The summed E-state index contributed by atoms with van der Waals surface area (Å²) in [5.74, 6) is -1.80. The van der Waals surface area contributed by atoms with E-state index in [0.29, 0.717) is 0 Å². The lowest BCUT2D eigenvalue weighted by atomic mass is 10.2. The van der Waals surface area contributed by atoms with Crippen molar-refractivity contribution < 1.29 is 27.1 Å². The van der Waals surface area contributed by atoms with Gasteiger partial charge in [-0.2, -0.15) is 0 Å². The zero-order chi connectivity index (χ0) is 13.8. The molecular formula is C10H12FNO5S. The Morgan fingerprint density at radius 3 is 2.61 bits per heavy atom.